The zero-order valence-electron chi connectivity index (χ0n) is 18.2. The summed E-state index contributed by atoms with van der Waals surface area (Å²) in [6.07, 6.45) is 15.8. The van der Waals surface area contributed by atoms with Crippen LogP contribution in [0.3, 0.4) is 0 Å². The van der Waals surface area contributed by atoms with Gasteiger partial charge < -0.3 is 9.84 Å². The predicted octanol–water partition coefficient (Wildman–Crippen LogP) is 5.87. The largest absolute Gasteiger partial charge is 0.364 e. The molecule has 28 heavy (non-hydrogen) atoms. The minimum absolute atomic E-state index is 0.359. The van der Waals surface area contributed by atoms with E-state index in [2.05, 4.69) is 13.8 Å². The molecule has 2 nitrogen and oxygen atoms in total. The van der Waals surface area contributed by atoms with E-state index in [9.17, 15) is 5.11 Å². The number of hydrogen-bond donors (Lipinski definition) is 1. The Morgan fingerprint density at radius 1 is 0.821 bits per heavy atom. The molecule has 0 amide bonds. The van der Waals surface area contributed by atoms with Gasteiger partial charge in [-0.25, -0.2) is 0 Å². The van der Waals surface area contributed by atoms with Crippen LogP contribution in [0.4, 0.5) is 0 Å². The maximum atomic E-state index is 11.4. The SMILES string of the molecule is COC1(O)C(C2CC[C@H]3[C@@H]4CCC5CCCC[C@]5(C)[C@@H]4CC[C@]23C)CC2SC21. The van der Waals surface area contributed by atoms with Crippen LogP contribution in [0.5, 0.6) is 0 Å². The Balaban J connectivity index is 1.28. The Bertz CT molecular complexity index is 652. The van der Waals surface area contributed by atoms with Crippen molar-refractivity contribution in [1.82, 2.24) is 0 Å². The fraction of sp³-hybridized carbons (Fsp3) is 1.00. The van der Waals surface area contributed by atoms with Gasteiger partial charge in [0.2, 0.25) is 0 Å². The molecule has 1 heterocycles. The summed E-state index contributed by atoms with van der Waals surface area (Å²) in [5.74, 6) is 4.07. The molecule has 0 aromatic carbocycles. The van der Waals surface area contributed by atoms with Crippen LogP contribution in [0.25, 0.3) is 0 Å². The van der Waals surface area contributed by atoms with Gasteiger partial charge in [-0.1, -0.05) is 26.7 Å². The lowest BCUT2D eigenvalue weighted by Crippen LogP contribution is -2.54. The summed E-state index contributed by atoms with van der Waals surface area (Å²) in [5.41, 5.74) is 1.08. The second-order valence-electron chi connectivity index (χ2n) is 12.0. The van der Waals surface area contributed by atoms with Crippen LogP contribution in [-0.2, 0) is 4.74 Å². The summed E-state index contributed by atoms with van der Waals surface area (Å²) >= 11 is 1.96. The lowest BCUT2D eigenvalue weighted by atomic mass is 9.44. The molecule has 6 rings (SSSR count). The molecule has 0 radical (unpaired) electrons. The van der Waals surface area contributed by atoms with E-state index in [0.29, 0.717) is 33.2 Å². The molecule has 1 saturated heterocycles. The second kappa shape index (κ2) is 6.16. The van der Waals surface area contributed by atoms with Gasteiger partial charge in [0.1, 0.15) is 0 Å². The van der Waals surface area contributed by atoms with Gasteiger partial charge in [0.25, 0.3) is 0 Å². The zero-order chi connectivity index (χ0) is 19.3. The van der Waals surface area contributed by atoms with Crippen molar-refractivity contribution < 1.29 is 9.84 Å². The van der Waals surface area contributed by atoms with Gasteiger partial charge in [-0.15, -0.1) is 11.8 Å². The molecule has 3 heteroatoms. The maximum Gasteiger partial charge on any atom is 0.181 e. The first kappa shape index (κ1) is 19.0. The van der Waals surface area contributed by atoms with E-state index in [-0.39, 0.29) is 0 Å². The molecular formula is C25H40O2S. The van der Waals surface area contributed by atoms with Gasteiger partial charge in [-0.2, -0.15) is 0 Å². The summed E-state index contributed by atoms with van der Waals surface area (Å²) in [7, 11) is 1.76. The van der Waals surface area contributed by atoms with Crippen LogP contribution in [-0.4, -0.2) is 28.5 Å². The summed E-state index contributed by atoms with van der Waals surface area (Å²) in [6, 6.07) is 0. The molecule has 5 aliphatic carbocycles. The number of hydrogen-bond acceptors (Lipinski definition) is 3. The molecule has 0 spiro atoms. The highest BCUT2D eigenvalue weighted by Crippen LogP contribution is 2.72. The average Bonchev–Trinajstić information content (AvgIpc) is 3.31. The van der Waals surface area contributed by atoms with Crippen molar-refractivity contribution in [2.75, 3.05) is 7.11 Å². The van der Waals surface area contributed by atoms with Crippen molar-refractivity contribution in [1.29, 1.82) is 0 Å². The Morgan fingerprint density at radius 2 is 1.61 bits per heavy atom. The molecule has 6 unspecified atom stereocenters. The Kier molecular flexibility index (Phi) is 4.18. The highest BCUT2D eigenvalue weighted by atomic mass is 32.2. The smallest absolute Gasteiger partial charge is 0.181 e. The number of rotatable bonds is 2. The van der Waals surface area contributed by atoms with E-state index in [0.717, 1.165) is 23.7 Å². The molecule has 11 atom stereocenters. The molecule has 0 aromatic rings. The first-order valence-electron chi connectivity index (χ1n) is 12.3. The van der Waals surface area contributed by atoms with Gasteiger partial charge in [-0.05, 0) is 98.2 Å². The van der Waals surface area contributed by atoms with Crippen molar-refractivity contribution in [3.05, 3.63) is 0 Å². The van der Waals surface area contributed by atoms with Crippen molar-refractivity contribution >= 4 is 11.8 Å². The Morgan fingerprint density at radius 3 is 2.43 bits per heavy atom. The first-order valence-corrected chi connectivity index (χ1v) is 13.3. The lowest BCUT2D eigenvalue weighted by molar-refractivity contribution is -0.223. The molecular weight excluding hydrogens is 364 g/mol. The number of fused-ring (bicyclic) bond motifs is 6. The molecule has 158 valence electrons. The van der Waals surface area contributed by atoms with Gasteiger partial charge in [-0.3, -0.25) is 0 Å². The van der Waals surface area contributed by atoms with Crippen LogP contribution in [0, 0.1) is 46.3 Å². The Labute approximate surface area is 175 Å². The number of thioether (sulfide) groups is 1. The fourth-order valence-electron chi connectivity index (χ4n) is 10.0. The zero-order valence-corrected chi connectivity index (χ0v) is 19.0. The predicted molar refractivity (Wildman–Crippen MR) is 115 cm³/mol. The van der Waals surface area contributed by atoms with Crippen molar-refractivity contribution in [2.45, 2.75) is 101 Å². The summed E-state index contributed by atoms with van der Waals surface area (Å²) in [6.45, 7) is 5.32. The Hall–Kier alpha value is 0.270. The van der Waals surface area contributed by atoms with Crippen LogP contribution in [0.1, 0.15) is 84.5 Å². The highest BCUT2D eigenvalue weighted by molar-refractivity contribution is 8.07. The van der Waals surface area contributed by atoms with E-state index < -0.39 is 5.79 Å². The third kappa shape index (κ3) is 2.31. The summed E-state index contributed by atoms with van der Waals surface area (Å²) in [5, 5.41) is 12.5. The molecule has 1 aliphatic heterocycles. The summed E-state index contributed by atoms with van der Waals surface area (Å²) < 4.78 is 5.83. The highest BCUT2D eigenvalue weighted by Gasteiger charge is 2.70. The molecule has 6 aliphatic rings. The van der Waals surface area contributed by atoms with E-state index in [1.165, 1.54) is 70.6 Å². The van der Waals surface area contributed by atoms with Crippen LogP contribution < -0.4 is 0 Å². The van der Waals surface area contributed by atoms with Crippen LogP contribution in [0.2, 0.25) is 0 Å². The van der Waals surface area contributed by atoms with Crippen LogP contribution >= 0.6 is 11.8 Å². The number of aliphatic hydroxyl groups is 1. The standard InChI is InChI=1S/C25H40O2S/c1-23-12-5-4-6-15(23)7-8-16-17-9-10-19(24(17,2)13-11-18(16)23)20-14-21-22(28-21)25(20,26)27-3/h15-22,26H,4-14H2,1-3H3/t15?,16-,17-,18+,19?,20?,21?,22?,23-,24-,25?/m0/s1. The third-order valence-corrected chi connectivity index (χ3v) is 12.9. The average molecular weight is 405 g/mol. The minimum Gasteiger partial charge on any atom is -0.364 e. The summed E-state index contributed by atoms with van der Waals surface area (Å²) in [4.78, 5) is 0. The molecule has 1 N–H and O–H groups in total. The van der Waals surface area contributed by atoms with Crippen molar-refractivity contribution in [3.63, 3.8) is 0 Å². The van der Waals surface area contributed by atoms with Gasteiger partial charge in [0, 0.05) is 18.3 Å². The molecule has 5 saturated carbocycles. The second-order valence-corrected chi connectivity index (χ2v) is 13.4. The maximum absolute atomic E-state index is 11.4. The quantitative estimate of drug-likeness (QED) is 0.461. The van der Waals surface area contributed by atoms with E-state index in [4.69, 9.17) is 4.74 Å². The van der Waals surface area contributed by atoms with Crippen LogP contribution in [0.15, 0.2) is 0 Å². The normalized spacial score (nSPS) is 62.6. The van der Waals surface area contributed by atoms with Crippen molar-refractivity contribution in [3.8, 4) is 0 Å². The monoisotopic (exact) mass is 404 g/mol. The lowest BCUT2D eigenvalue weighted by Gasteiger charge is -2.61. The number of ether oxygens (including phenoxy) is 1. The van der Waals surface area contributed by atoms with Gasteiger partial charge >= 0.3 is 0 Å². The first-order chi connectivity index (χ1) is 13.4. The van der Waals surface area contributed by atoms with Crippen molar-refractivity contribution in [2.24, 2.45) is 46.3 Å². The minimum atomic E-state index is -0.845. The van der Waals surface area contributed by atoms with E-state index in [1.807, 2.05) is 11.8 Å². The molecule has 0 aromatic heterocycles. The van der Waals surface area contributed by atoms with E-state index >= 15 is 0 Å². The topological polar surface area (TPSA) is 29.5 Å². The van der Waals surface area contributed by atoms with Gasteiger partial charge in [0.15, 0.2) is 5.79 Å². The number of methoxy groups -OCH3 is 1. The third-order valence-electron chi connectivity index (χ3n) is 11.5. The van der Waals surface area contributed by atoms with Gasteiger partial charge in [0.05, 0.1) is 5.25 Å². The fourth-order valence-corrected chi connectivity index (χ4v) is 11.4. The van der Waals surface area contributed by atoms with E-state index in [1.54, 1.807) is 7.11 Å². The molecule has 0 bridgehead atoms. The molecule has 6 fully saturated rings.